The van der Waals surface area contributed by atoms with Crippen LogP contribution in [0.4, 0.5) is 17.6 Å². The van der Waals surface area contributed by atoms with Gasteiger partial charge in [0.15, 0.2) is 0 Å². The molecule has 0 unspecified atom stereocenters. The van der Waals surface area contributed by atoms with Crippen molar-refractivity contribution in [2.75, 3.05) is 7.05 Å². The maximum atomic E-state index is 13.1. The molecule has 1 N–H and O–H groups in total. The predicted molar refractivity (Wildman–Crippen MR) is 53.5 cm³/mol. The smallest absolute Gasteiger partial charge is 0.311 e. The summed E-state index contributed by atoms with van der Waals surface area (Å²) in [5, 5.41) is 2.83. The molecule has 0 saturated heterocycles. The van der Waals surface area contributed by atoms with E-state index in [1.165, 1.54) is 0 Å². The van der Waals surface area contributed by atoms with Crippen LogP contribution in [-0.2, 0) is 11.7 Å². The van der Waals surface area contributed by atoms with Crippen LogP contribution >= 0.6 is 0 Å². The average Bonchev–Trinajstić information content (AvgIpc) is 2.15. The highest BCUT2D eigenvalue weighted by molar-refractivity contribution is 5.31. The quantitative estimate of drug-likeness (QED) is 0.775. The number of rotatable bonds is 2. The molecule has 16 heavy (non-hydrogen) atoms. The van der Waals surface area contributed by atoms with Crippen molar-refractivity contribution in [2.24, 2.45) is 0 Å². The van der Waals surface area contributed by atoms with Gasteiger partial charge in [0, 0.05) is 5.54 Å². The van der Waals surface area contributed by atoms with Crippen LogP contribution in [0.1, 0.15) is 25.0 Å². The van der Waals surface area contributed by atoms with Gasteiger partial charge in [0.05, 0.1) is 5.56 Å². The van der Waals surface area contributed by atoms with E-state index in [1.54, 1.807) is 20.9 Å². The Labute approximate surface area is 91.5 Å². The molecular formula is C11H13F4N. The van der Waals surface area contributed by atoms with Gasteiger partial charge in [-0.05, 0) is 44.7 Å². The van der Waals surface area contributed by atoms with Gasteiger partial charge >= 0.3 is 6.18 Å². The second-order valence-corrected chi connectivity index (χ2v) is 4.10. The molecule has 1 nitrogen and oxygen atoms in total. The first-order chi connectivity index (χ1) is 7.16. The van der Waals surface area contributed by atoms with E-state index in [4.69, 9.17) is 0 Å². The van der Waals surface area contributed by atoms with Gasteiger partial charge in [0.2, 0.25) is 0 Å². The molecule has 0 spiro atoms. The Kier molecular flexibility index (Phi) is 3.28. The van der Waals surface area contributed by atoms with Crippen molar-refractivity contribution in [3.63, 3.8) is 0 Å². The fourth-order valence-corrected chi connectivity index (χ4v) is 1.26. The lowest BCUT2D eigenvalue weighted by Crippen LogP contribution is -2.33. The van der Waals surface area contributed by atoms with Crippen LogP contribution in [0, 0.1) is 5.82 Å². The first kappa shape index (κ1) is 13.0. The van der Waals surface area contributed by atoms with E-state index in [0.29, 0.717) is 6.07 Å². The summed E-state index contributed by atoms with van der Waals surface area (Å²) >= 11 is 0. The van der Waals surface area contributed by atoms with Crippen molar-refractivity contribution in [1.29, 1.82) is 0 Å². The third-order valence-corrected chi connectivity index (χ3v) is 2.57. The minimum Gasteiger partial charge on any atom is -0.311 e. The Hall–Kier alpha value is -1.10. The lowest BCUT2D eigenvalue weighted by atomic mass is 9.93. The second-order valence-electron chi connectivity index (χ2n) is 4.10. The molecule has 0 amide bonds. The van der Waals surface area contributed by atoms with Gasteiger partial charge in [-0.3, -0.25) is 0 Å². The van der Waals surface area contributed by atoms with Gasteiger partial charge in [-0.1, -0.05) is 0 Å². The molecule has 0 fully saturated rings. The Morgan fingerprint density at radius 3 is 1.94 bits per heavy atom. The first-order valence-corrected chi connectivity index (χ1v) is 4.74. The maximum absolute atomic E-state index is 13.1. The molecule has 1 rings (SSSR count). The fourth-order valence-electron chi connectivity index (χ4n) is 1.26. The van der Waals surface area contributed by atoms with Crippen molar-refractivity contribution in [3.05, 3.63) is 35.1 Å². The summed E-state index contributed by atoms with van der Waals surface area (Å²) in [5.74, 6) is -0.881. The van der Waals surface area contributed by atoms with Crippen molar-refractivity contribution in [2.45, 2.75) is 25.6 Å². The van der Waals surface area contributed by atoms with Gasteiger partial charge in [-0.25, -0.2) is 4.39 Å². The molecule has 90 valence electrons. The number of benzene rings is 1. The molecular weight excluding hydrogens is 222 g/mol. The first-order valence-electron chi connectivity index (χ1n) is 4.74. The summed E-state index contributed by atoms with van der Waals surface area (Å²) in [6.07, 6.45) is -4.53. The van der Waals surface area contributed by atoms with Crippen LogP contribution < -0.4 is 5.32 Å². The second kappa shape index (κ2) is 4.05. The van der Waals surface area contributed by atoms with E-state index in [-0.39, 0.29) is 5.56 Å². The van der Waals surface area contributed by atoms with Crippen LogP contribution in [-0.4, -0.2) is 7.05 Å². The number of hydrogen-bond donors (Lipinski definition) is 1. The molecule has 0 aliphatic rings. The molecule has 5 heteroatoms. The molecule has 0 aliphatic carbocycles. The summed E-state index contributed by atoms with van der Waals surface area (Å²) in [6, 6.07) is 2.56. The molecule has 1 aromatic rings. The van der Waals surface area contributed by atoms with E-state index < -0.39 is 23.1 Å². The molecule has 0 saturated carbocycles. The van der Waals surface area contributed by atoms with E-state index >= 15 is 0 Å². The Morgan fingerprint density at radius 2 is 1.50 bits per heavy atom. The average molecular weight is 235 g/mol. The van der Waals surface area contributed by atoms with Crippen LogP contribution in [0.15, 0.2) is 18.2 Å². The monoisotopic (exact) mass is 235 g/mol. The minimum atomic E-state index is -4.53. The van der Waals surface area contributed by atoms with Crippen LogP contribution in [0.2, 0.25) is 0 Å². The largest absolute Gasteiger partial charge is 0.416 e. The summed E-state index contributed by atoms with van der Waals surface area (Å²) in [4.78, 5) is 0. The summed E-state index contributed by atoms with van der Waals surface area (Å²) in [7, 11) is 1.61. The van der Waals surface area contributed by atoms with Gasteiger partial charge in [0.25, 0.3) is 0 Å². The number of nitrogens with one attached hydrogen (secondary N) is 1. The highest BCUT2D eigenvalue weighted by atomic mass is 19.4. The lowest BCUT2D eigenvalue weighted by molar-refractivity contribution is -0.137. The van der Waals surface area contributed by atoms with E-state index in [0.717, 1.165) is 12.1 Å². The summed E-state index contributed by atoms with van der Waals surface area (Å²) in [6.45, 7) is 3.36. The number of alkyl halides is 3. The molecule has 0 aliphatic heterocycles. The minimum absolute atomic E-state index is 0.266. The zero-order valence-corrected chi connectivity index (χ0v) is 9.24. The van der Waals surface area contributed by atoms with Crippen LogP contribution in [0.5, 0.6) is 0 Å². The van der Waals surface area contributed by atoms with Gasteiger partial charge < -0.3 is 5.32 Å². The topological polar surface area (TPSA) is 12.0 Å². The predicted octanol–water partition coefficient (Wildman–Crippen LogP) is 3.30. The Morgan fingerprint density at radius 1 is 1.00 bits per heavy atom. The molecule has 0 atom stereocenters. The third kappa shape index (κ3) is 2.72. The van der Waals surface area contributed by atoms with Crippen LogP contribution in [0.3, 0.4) is 0 Å². The van der Waals surface area contributed by atoms with Gasteiger partial charge in [0.1, 0.15) is 5.82 Å². The molecule has 1 aromatic carbocycles. The highest BCUT2D eigenvalue weighted by Crippen LogP contribution is 2.32. The lowest BCUT2D eigenvalue weighted by Gasteiger charge is -2.25. The highest BCUT2D eigenvalue weighted by Gasteiger charge is 2.32. The Balaban J connectivity index is 3.29. The zero-order chi connectivity index (χ0) is 12.6. The molecule has 0 aromatic heterocycles. The van der Waals surface area contributed by atoms with E-state index in [2.05, 4.69) is 5.32 Å². The number of halogens is 4. The van der Waals surface area contributed by atoms with Crippen molar-refractivity contribution in [3.8, 4) is 0 Å². The molecule has 0 radical (unpaired) electrons. The normalized spacial score (nSPS) is 12.9. The number of hydrogen-bond acceptors (Lipinski definition) is 1. The summed E-state index contributed by atoms with van der Waals surface area (Å²) < 4.78 is 50.5. The molecule has 0 bridgehead atoms. The van der Waals surface area contributed by atoms with Crippen molar-refractivity contribution < 1.29 is 17.6 Å². The van der Waals surface area contributed by atoms with E-state index in [9.17, 15) is 17.6 Å². The summed E-state index contributed by atoms with van der Waals surface area (Å²) in [5.41, 5.74) is -1.41. The van der Waals surface area contributed by atoms with E-state index in [1.807, 2.05) is 0 Å². The van der Waals surface area contributed by atoms with Gasteiger partial charge in [-0.15, -0.1) is 0 Å². The standard InChI is InChI=1S/C11H13F4N/c1-10(2,16-3)7-4-8(11(13,14)15)6-9(12)5-7/h4-6,16H,1-3H3. The SMILES string of the molecule is CNC(C)(C)c1cc(F)cc(C(F)(F)F)c1. The van der Waals surface area contributed by atoms with Crippen LogP contribution in [0.25, 0.3) is 0 Å². The fraction of sp³-hybridized carbons (Fsp3) is 0.455. The van der Waals surface area contributed by atoms with Crippen molar-refractivity contribution >= 4 is 0 Å². The Bertz CT molecular complexity index is 382. The molecule has 0 heterocycles. The third-order valence-electron chi connectivity index (χ3n) is 2.57. The van der Waals surface area contributed by atoms with Gasteiger partial charge in [-0.2, -0.15) is 13.2 Å². The maximum Gasteiger partial charge on any atom is 0.416 e. The van der Waals surface area contributed by atoms with Crippen molar-refractivity contribution in [1.82, 2.24) is 5.32 Å². The zero-order valence-electron chi connectivity index (χ0n) is 9.24.